The Balaban J connectivity index is 0.809. The lowest BCUT2D eigenvalue weighted by Gasteiger charge is -2.30. The van der Waals surface area contributed by atoms with Gasteiger partial charge in [0, 0.05) is 93.2 Å². The average Bonchev–Trinajstić information content (AvgIpc) is 3.95. The molecule has 0 amide bonds. The van der Waals surface area contributed by atoms with E-state index < -0.39 is 0 Å². The first-order chi connectivity index (χ1) is 36.9. The summed E-state index contributed by atoms with van der Waals surface area (Å²) in [6.45, 7) is 14.1. The molecule has 0 spiro atoms. The monoisotopic (exact) mass is 1050 g/mol. The molecule has 0 aliphatic carbocycles. The van der Waals surface area contributed by atoms with Crippen LogP contribution in [-0.2, 0) is 40.9 Å². The van der Waals surface area contributed by atoms with Crippen LogP contribution in [0.25, 0.3) is 21.5 Å². The maximum absolute atomic E-state index is 6.52. The Labute approximate surface area is 465 Å². The van der Waals surface area contributed by atoms with E-state index in [-0.39, 0.29) is 21.7 Å². The predicted octanol–water partition coefficient (Wildman–Crippen LogP) is 17.1. The molecule has 12 rings (SSSR count). The normalized spacial score (nSPS) is 21.2. The van der Waals surface area contributed by atoms with Crippen molar-refractivity contribution in [3.8, 4) is 0 Å². The number of nitrogens with zero attached hydrogens (tertiary/aromatic N) is 4. The Morgan fingerprint density at radius 1 is 0.455 bits per heavy atom. The van der Waals surface area contributed by atoms with E-state index in [1.807, 2.05) is 12.1 Å². The van der Waals surface area contributed by atoms with Crippen LogP contribution in [0.5, 0.6) is 0 Å². The maximum atomic E-state index is 6.52. The van der Waals surface area contributed by atoms with Crippen molar-refractivity contribution in [2.24, 2.45) is 0 Å². The van der Waals surface area contributed by atoms with E-state index in [4.69, 9.17) is 23.2 Å². The van der Waals surface area contributed by atoms with Crippen LogP contribution in [0.1, 0.15) is 86.1 Å². The van der Waals surface area contributed by atoms with Gasteiger partial charge in [0.1, 0.15) is 14.1 Å². The summed E-state index contributed by atoms with van der Waals surface area (Å²) in [5.41, 5.74) is 19.7. The largest absolute Gasteiger partial charge is 0.347 e. The van der Waals surface area contributed by atoms with Crippen molar-refractivity contribution in [3.63, 3.8) is 0 Å². The van der Waals surface area contributed by atoms with Crippen molar-refractivity contribution < 1.29 is 9.15 Å². The summed E-state index contributed by atoms with van der Waals surface area (Å²) >= 11 is 13.0. The molecule has 2 atom stereocenters. The topological polar surface area (TPSA) is 12.5 Å². The van der Waals surface area contributed by atoms with Crippen LogP contribution in [0.4, 0.5) is 22.7 Å². The zero-order chi connectivity index (χ0) is 53.8. The number of likely N-dealkylation sites (N-methyl/N-ethyl adjacent to an activating group) is 2. The molecule has 8 aromatic carbocycles. The Kier molecular flexibility index (Phi) is 12.3. The first-order valence-corrected chi connectivity index (χ1v) is 27.9. The number of allylic oxidation sites excluding steroid dienone is 8. The fraction of sp³-hybridized carbons (Fsp3) is 0.239. The molecule has 0 saturated heterocycles. The van der Waals surface area contributed by atoms with Gasteiger partial charge < -0.3 is 9.80 Å². The van der Waals surface area contributed by atoms with E-state index in [1.165, 1.54) is 112 Å². The molecule has 0 radical (unpaired) electrons. The van der Waals surface area contributed by atoms with Crippen LogP contribution >= 0.6 is 23.2 Å². The van der Waals surface area contributed by atoms with E-state index in [2.05, 4.69) is 271 Å². The fourth-order valence-electron chi connectivity index (χ4n) is 14.1. The highest BCUT2D eigenvalue weighted by atomic mass is 35.5. The van der Waals surface area contributed by atoms with E-state index in [0.29, 0.717) is 0 Å². The van der Waals surface area contributed by atoms with Crippen molar-refractivity contribution in [2.45, 2.75) is 82.5 Å². The van der Waals surface area contributed by atoms with Gasteiger partial charge in [0.15, 0.2) is 11.4 Å². The van der Waals surface area contributed by atoms with Crippen molar-refractivity contribution >= 4 is 78.9 Å². The third-order valence-corrected chi connectivity index (χ3v) is 18.5. The molecule has 384 valence electrons. The van der Waals surface area contributed by atoms with Crippen LogP contribution < -0.4 is 9.80 Å². The minimum atomic E-state index is -0.280. The second kappa shape index (κ2) is 18.7. The second-order valence-corrected chi connectivity index (χ2v) is 24.5. The van der Waals surface area contributed by atoms with Gasteiger partial charge >= 0.3 is 0 Å². The van der Waals surface area contributed by atoms with Crippen LogP contribution in [0, 0.1) is 0 Å². The lowest BCUT2D eigenvalue weighted by molar-refractivity contribution is -0.401. The number of hydrogen-bond donors (Lipinski definition) is 0. The van der Waals surface area contributed by atoms with E-state index in [9.17, 15) is 0 Å². The number of hydrogen-bond acceptors (Lipinski definition) is 2. The average molecular weight is 1050 g/mol. The Hall–Kier alpha value is -7.24. The standard InChI is InChI=1S/C71H68Cl2N4/c1-68(2)56-42-52(72)35-39-58(56)74(7)62(68)21-15-23-64-70(5,66-54-19-13-11-17-50(54)33-37-60(66)76(64)9)44-48-29-25-46(26-30-48)41-47-27-31-49(32-28-47)45-71(6)65(77(10)61-38-34-51-18-12-14-20-55(51)67(61)71)24-16-22-63-69(3,4)57-43-53(73)36-40-59(57)75(63)8/h11-40,42-43H,41,44-45H2,1-10H3/q+2. The third kappa shape index (κ3) is 8.25. The highest BCUT2D eigenvalue weighted by Crippen LogP contribution is 2.54. The Bertz CT molecular complexity index is 3680. The first kappa shape index (κ1) is 50.6. The van der Waals surface area contributed by atoms with Crippen LogP contribution in [0.3, 0.4) is 0 Å². The molecule has 0 fully saturated rings. The lowest BCUT2D eigenvalue weighted by Crippen LogP contribution is -2.29. The zero-order valence-electron chi connectivity index (χ0n) is 46.1. The molecule has 4 aliphatic rings. The van der Waals surface area contributed by atoms with E-state index in [1.54, 1.807) is 0 Å². The summed E-state index contributed by atoms with van der Waals surface area (Å²) in [5.74, 6) is 0. The van der Waals surface area contributed by atoms with Gasteiger partial charge in [0.05, 0.1) is 10.8 Å². The van der Waals surface area contributed by atoms with E-state index in [0.717, 1.165) is 29.3 Å². The molecule has 8 aromatic rings. The minimum absolute atomic E-state index is 0.180. The number of anilines is 2. The van der Waals surface area contributed by atoms with Gasteiger partial charge in [-0.3, -0.25) is 0 Å². The van der Waals surface area contributed by atoms with Crippen molar-refractivity contribution in [2.75, 3.05) is 38.0 Å². The molecule has 6 heteroatoms. The molecule has 0 aromatic heterocycles. The molecule has 0 saturated carbocycles. The molecule has 77 heavy (non-hydrogen) atoms. The van der Waals surface area contributed by atoms with Gasteiger partial charge in [-0.15, -0.1) is 0 Å². The molecule has 4 aliphatic heterocycles. The minimum Gasteiger partial charge on any atom is -0.347 e. The molecule has 4 nitrogen and oxygen atoms in total. The molecular formula is C71H68Cl2N4+2. The highest BCUT2D eigenvalue weighted by molar-refractivity contribution is 6.31. The highest BCUT2D eigenvalue weighted by Gasteiger charge is 2.47. The number of benzene rings is 8. The number of rotatable bonds is 10. The van der Waals surface area contributed by atoms with Gasteiger partial charge in [0.25, 0.3) is 0 Å². The van der Waals surface area contributed by atoms with Crippen molar-refractivity contribution in [3.05, 3.63) is 260 Å². The van der Waals surface area contributed by atoms with Gasteiger partial charge in [-0.25, -0.2) is 0 Å². The predicted molar refractivity (Wildman–Crippen MR) is 328 cm³/mol. The van der Waals surface area contributed by atoms with Crippen LogP contribution in [0.2, 0.25) is 10.0 Å². The molecule has 0 N–H and O–H groups in total. The molecule has 4 heterocycles. The Morgan fingerprint density at radius 3 is 1.23 bits per heavy atom. The Morgan fingerprint density at radius 2 is 0.831 bits per heavy atom. The summed E-state index contributed by atoms with van der Waals surface area (Å²) in [4.78, 5) is 4.83. The SMILES string of the molecule is CN1C(=CC=CC2=[N+](C)c3ccc(Cl)cc3C2(C)C)C(C)(Cc2ccc(Cc3ccc(CC4(C)C(=CC=CC5=[N+](C)c6ccc(Cl)cc6C5(C)C)N(C)c5ccc6ccccc6c54)cc3)cc2)c2c1ccc1ccccc21. The lowest BCUT2D eigenvalue weighted by atomic mass is 9.74. The van der Waals surface area contributed by atoms with Crippen molar-refractivity contribution in [1.29, 1.82) is 0 Å². The second-order valence-electron chi connectivity index (χ2n) is 23.6. The van der Waals surface area contributed by atoms with Crippen LogP contribution in [0.15, 0.2) is 206 Å². The summed E-state index contributed by atoms with van der Waals surface area (Å²) in [7, 11) is 8.80. The van der Waals surface area contributed by atoms with Gasteiger partial charge in [0.2, 0.25) is 11.4 Å². The number of halogens is 2. The summed E-state index contributed by atoms with van der Waals surface area (Å²) in [5, 5.41) is 6.71. The van der Waals surface area contributed by atoms with Crippen molar-refractivity contribution in [1.82, 2.24) is 0 Å². The fourth-order valence-corrected chi connectivity index (χ4v) is 14.5. The number of fused-ring (bicyclic) bond motifs is 8. The molecule has 2 unspecified atom stereocenters. The smallest absolute Gasteiger partial charge is 0.209 e. The zero-order valence-corrected chi connectivity index (χ0v) is 47.7. The van der Waals surface area contributed by atoms with Gasteiger partial charge in [-0.2, -0.15) is 9.15 Å². The quantitative estimate of drug-likeness (QED) is 0.127. The van der Waals surface area contributed by atoms with E-state index >= 15 is 0 Å². The third-order valence-electron chi connectivity index (χ3n) is 18.1. The van der Waals surface area contributed by atoms with Gasteiger partial charge in [-0.1, -0.05) is 145 Å². The van der Waals surface area contributed by atoms with Crippen LogP contribution in [-0.4, -0.2) is 48.8 Å². The summed E-state index contributed by atoms with van der Waals surface area (Å²) in [6.07, 6.45) is 16.4. The summed E-state index contributed by atoms with van der Waals surface area (Å²) < 4.78 is 4.62. The maximum Gasteiger partial charge on any atom is 0.209 e. The summed E-state index contributed by atoms with van der Waals surface area (Å²) in [6, 6.07) is 58.2. The molecule has 0 bridgehead atoms. The molecular weight excluding hydrogens is 980 g/mol. The first-order valence-electron chi connectivity index (χ1n) is 27.2. The van der Waals surface area contributed by atoms with Gasteiger partial charge in [-0.05, 0) is 164 Å².